The van der Waals surface area contributed by atoms with Crippen LogP contribution in [0.25, 0.3) is 0 Å². The Kier molecular flexibility index (Phi) is 2.96. The van der Waals surface area contributed by atoms with Gasteiger partial charge in [0.2, 0.25) is 5.91 Å². The summed E-state index contributed by atoms with van der Waals surface area (Å²) in [7, 11) is 0. The monoisotopic (exact) mass is 246 g/mol. The van der Waals surface area contributed by atoms with Crippen molar-refractivity contribution in [1.82, 2.24) is 0 Å². The molecule has 1 aromatic rings. The van der Waals surface area contributed by atoms with E-state index >= 15 is 0 Å². The fourth-order valence-electron chi connectivity index (χ4n) is 2.77. The zero-order chi connectivity index (χ0) is 12.5. The Bertz CT molecular complexity index is 465. The average molecular weight is 246 g/mol. The molecule has 0 aromatic heterocycles. The van der Waals surface area contributed by atoms with Crippen LogP contribution in [-0.4, -0.2) is 23.2 Å². The van der Waals surface area contributed by atoms with Crippen LogP contribution in [0.5, 0.6) is 0 Å². The molecule has 2 aliphatic rings. The highest BCUT2D eigenvalue weighted by Gasteiger charge is 2.21. The zero-order valence-electron chi connectivity index (χ0n) is 10.3. The molecule has 3 N–H and O–H groups in total. The number of carbonyl (C=O) groups is 1. The number of anilines is 2. The van der Waals surface area contributed by atoms with Crippen LogP contribution in [0.15, 0.2) is 18.2 Å². The maximum Gasteiger partial charge on any atom is 0.228 e. The van der Waals surface area contributed by atoms with E-state index in [1.54, 1.807) is 0 Å². The van der Waals surface area contributed by atoms with Gasteiger partial charge in [0.05, 0.1) is 12.5 Å². The average Bonchev–Trinajstić information content (AvgIpc) is 2.71. The lowest BCUT2D eigenvalue weighted by molar-refractivity contribution is -0.115. The van der Waals surface area contributed by atoms with E-state index in [1.807, 2.05) is 12.1 Å². The number of fused-ring (bicyclic) bond motifs is 1. The summed E-state index contributed by atoms with van der Waals surface area (Å²) in [4.78, 5) is 11.3. The van der Waals surface area contributed by atoms with Gasteiger partial charge in [0.1, 0.15) is 0 Å². The lowest BCUT2D eigenvalue weighted by atomic mass is 9.93. The highest BCUT2D eigenvalue weighted by Crippen LogP contribution is 2.28. The van der Waals surface area contributed by atoms with Gasteiger partial charge in [-0.1, -0.05) is 0 Å². The molecule has 4 heteroatoms. The number of nitrogens with one attached hydrogen (secondary N) is 2. The molecule has 0 spiro atoms. The molecule has 0 bridgehead atoms. The van der Waals surface area contributed by atoms with Gasteiger partial charge in [0.25, 0.3) is 0 Å². The lowest BCUT2D eigenvalue weighted by Gasteiger charge is -2.27. The first-order valence-corrected chi connectivity index (χ1v) is 6.58. The van der Waals surface area contributed by atoms with Crippen molar-refractivity contribution in [1.29, 1.82) is 0 Å². The first-order valence-electron chi connectivity index (χ1n) is 6.58. The van der Waals surface area contributed by atoms with Gasteiger partial charge in [-0.25, -0.2) is 0 Å². The molecule has 1 heterocycles. The third kappa shape index (κ3) is 2.34. The summed E-state index contributed by atoms with van der Waals surface area (Å²) in [6.07, 6.45) is 4.13. The second kappa shape index (κ2) is 4.61. The van der Waals surface area contributed by atoms with Gasteiger partial charge in [-0.2, -0.15) is 0 Å². The molecular weight excluding hydrogens is 228 g/mol. The highest BCUT2D eigenvalue weighted by molar-refractivity contribution is 5.99. The van der Waals surface area contributed by atoms with Crippen molar-refractivity contribution in [3.63, 3.8) is 0 Å². The van der Waals surface area contributed by atoms with Crippen LogP contribution in [0.2, 0.25) is 0 Å². The van der Waals surface area contributed by atoms with Crippen molar-refractivity contribution >= 4 is 17.3 Å². The molecule has 4 nitrogen and oxygen atoms in total. The van der Waals surface area contributed by atoms with E-state index in [-0.39, 0.29) is 12.0 Å². The summed E-state index contributed by atoms with van der Waals surface area (Å²) < 4.78 is 0. The minimum Gasteiger partial charge on any atom is -0.393 e. The highest BCUT2D eigenvalue weighted by atomic mass is 16.3. The van der Waals surface area contributed by atoms with Crippen molar-refractivity contribution in [2.24, 2.45) is 0 Å². The van der Waals surface area contributed by atoms with Crippen LogP contribution in [-0.2, 0) is 11.2 Å². The molecule has 1 aromatic carbocycles. The fraction of sp³-hybridized carbons (Fsp3) is 0.500. The Labute approximate surface area is 106 Å². The van der Waals surface area contributed by atoms with Crippen LogP contribution in [0.4, 0.5) is 11.4 Å². The minimum absolute atomic E-state index is 0.0722. The van der Waals surface area contributed by atoms with Gasteiger partial charge < -0.3 is 15.7 Å². The summed E-state index contributed by atoms with van der Waals surface area (Å²) >= 11 is 0. The van der Waals surface area contributed by atoms with Crippen molar-refractivity contribution in [2.45, 2.75) is 44.2 Å². The SMILES string of the molecule is O=C1Cc2cc(NC3CCC(O)CC3)ccc2N1. The maximum atomic E-state index is 11.3. The molecule has 0 unspecified atom stereocenters. The van der Waals surface area contributed by atoms with Crippen LogP contribution in [0.1, 0.15) is 31.2 Å². The molecule has 1 aliphatic carbocycles. The topological polar surface area (TPSA) is 61.4 Å². The Hall–Kier alpha value is -1.55. The lowest BCUT2D eigenvalue weighted by Crippen LogP contribution is -2.28. The number of benzene rings is 1. The number of aliphatic hydroxyl groups excluding tert-OH is 1. The first kappa shape index (κ1) is 11.5. The van der Waals surface area contributed by atoms with Gasteiger partial charge >= 0.3 is 0 Å². The minimum atomic E-state index is -0.120. The predicted molar refractivity (Wildman–Crippen MR) is 70.7 cm³/mol. The van der Waals surface area contributed by atoms with Gasteiger partial charge in [-0.3, -0.25) is 4.79 Å². The number of hydrogen-bond acceptors (Lipinski definition) is 3. The van der Waals surface area contributed by atoms with Crippen molar-refractivity contribution in [2.75, 3.05) is 10.6 Å². The fourth-order valence-corrected chi connectivity index (χ4v) is 2.77. The van der Waals surface area contributed by atoms with E-state index < -0.39 is 0 Å². The number of hydrogen-bond donors (Lipinski definition) is 3. The molecule has 0 radical (unpaired) electrons. The standard InChI is InChI=1S/C14H18N2O2/c17-12-4-1-10(2-5-12)15-11-3-6-13-9(7-11)8-14(18)16-13/h3,6-7,10,12,15,17H,1-2,4-5,8H2,(H,16,18). The Morgan fingerprint density at radius 1 is 1.22 bits per heavy atom. The third-order valence-electron chi connectivity index (χ3n) is 3.80. The number of carbonyl (C=O) groups excluding carboxylic acids is 1. The van der Waals surface area contributed by atoms with Gasteiger partial charge in [-0.15, -0.1) is 0 Å². The Morgan fingerprint density at radius 2 is 2.00 bits per heavy atom. The van der Waals surface area contributed by atoms with Gasteiger partial charge in [-0.05, 0) is 49.4 Å². The van der Waals surface area contributed by atoms with Crippen molar-refractivity contribution < 1.29 is 9.90 Å². The molecule has 1 aliphatic heterocycles. The summed E-state index contributed by atoms with van der Waals surface area (Å²) in [5.74, 6) is 0.0722. The zero-order valence-corrected chi connectivity index (χ0v) is 10.3. The molecule has 0 atom stereocenters. The molecule has 3 rings (SSSR count). The molecule has 1 amide bonds. The third-order valence-corrected chi connectivity index (χ3v) is 3.80. The van der Waals surface area contributed by atoms with Crippen LogP contribution in [0, 0.1) is 0 Å². The second-order valence-corrected chi connectivity index (χ2v) is 5.25. The van der Waals surface area contributed by atoms with Crippen LogP contribution >= 0.6 is 0 Å². The van der Waals surface area contributed by atoms with Gasteiger partial charge in [0.15, 0.2) is 0 Å². The molecule has 96 valence electrons. The molecule has 18 heavy (non-hydrogen) atoms. The summed E-state index contributed by atoms with van der Waals surface area (Å²) in [5, 5.41) is 15.8. The van der Waals surface area contributed by atoms with Gasteiger partial charge in [0, 0.05) is 17.4 Å². The first-order chi connectivity index (χ1) is 8.70. The summed E-state index contributed by atoms with van der Waals surface area (Å²) in [5.41, 5.74) is 3.08. The maximum absolute atomic E-state index is 11.3. The van der Waals surface area contributed by atoms with Crippen molar-refractivity contribution in [3.8, 4) is 0 Å². The number of rotatable bonds is 2. The number of amides is 1. The second-order valence-electron chi connectivity index (χ2n) is 5.25. The van der Waals surface area contributed by atoms with E-state index in [9.17, 15) is 9.90 Å². The smallest absolute Gasteiger partial charge is 0.228 e. The van der Waals surface area contributed by atoms with E-state index in [0.29, 0.717) is 12.5 Å². The summed E-state index contributed by atoms with van der Waals surface area (Å²) in [6, 6.07) is 6.46. The van der Waals surface area contributed by atoms with Crippen molar-refractivity contribution in [3.05, 3.63) is 23.8 Å². The molecule has 1 saturated carbocycles. The Morgan fingerprint density at radius 3 is 2.78 bits per heavy atom. The predicted octanol–water partition coefficient (Wildman–Crippen LogP) is 1.90. The normalized spacial score (nSPS) is 26.6. The van der Waals surface area contributed by atoms with Crippen LogP contribution in [0.3, 0.4) is 0 Å². The molecule has 0 saturated heterocycles. The Balaban J connectivity index is 1.67. The van der Waals surface area contributed by atoms with Crippen LogP contribution < -0.4 is 10.6 Å². The van der Waals surface area contributed by atoms with E-state index in [1.165, 1.54) is 0 Å². The quantitative estimate of drug-likeness (QED) is 0.747. The largest absolute Gasteiger partial charge is 0.393 e. The summed E-state index contributed by atoms with van der Waals surface area (Å²) in [6.45, 7) is 0. The number of aliphatic hydroxyl groups is 1. The molecule has 1 fully saturated rings. The molecular formula is C14H18N2O2. The van der Waals surface area contributed by atoms with E-state index in [4.69, 9.17) is 0 Å². The van der Waals surface area contributed by atoms with E-state index in [2.05, 4.69) is 16.7 Å². The van der Waals surface area contributed by atoms with E-state index in [0.717, 1.165) is 42.6 Å².